The standard InChI is InChI=1S/C26H33N3O2/c1-4-8-23(30)17-28(21-13-14-21)18-25-20(3)27-29(22-9-6-5-7-10-22)26(25)31-24-15-11-19(2)12-16-24/h5-7,9-12,15-16,21,23,30H,4,8,13-14,17-18H2,1-3H3/t23-/m1/s1. The number of aliphatic hydroxyl groups excluding tert-OH is 1. The molecule has 0 radical (unpaired) electrons. The SMILES string of the molecule is CCC[C@@H](O)CN(Cc1c(C)nn(-c2ccccc2)c1Oc1ccc(C)cc1)C1CC1. The first kappa shape index (κ1) is 21.6. The summed E-state index contributed by atoms with van der Waals surface area (Å²) >= 11 is 0. The highest BCUT2D eigenvalue weighted by atomic mass is 16.5. The average Bonchev–Trinajstić information content (AvgIpc) is 3.57. The Hall–Kier alpha value is -2.63. The monoisotopic (exact) mass is 419 g/mol. The lowest BCUT2D eigenvalue weighted by molar-refractivity contribution is 0.0961. The highest BCUT2D eigenvalue weighted by Gasteiger charge is 2.32. The lowest BCUT2D eigenvalue weighted by atomic mass is 10.1. The van der Waals surface area contributed by atoms with Gasteiger partial charge in [-0.2, -0.15) is 5.10 Å². The lowest BCUT2D eigenvalue weighted by Gasteiger charge is -2.25. The van der Waals surface area contributed by atoms with Gasteiger partial charge in [0.1, 0.15) is 5.75 Å². The molecular formula is C26H33N3O2. The molecule has 1 fully saturated rings. The molecular weight excluding hydrogens is 386 g/mol. The van der Waals surface area contributed by atoms with Gasteiger partial charge in [0.15, 0.2) is 0 Å². The predicted octanol–water partition coefficient (Wildman–Crippen LogP) is 5.41. The topological polar surface area (TPSA) is 50.5 Å². The summed E-state index contributed by atoms with van der Waals surface area (Å²) in [7, 11) is 0. The maximum atomic E-state index is 10.5. The molecule has 164 valence electrons. The number of aliphatic hydroxyl groups is 1. The van der Waals surface area contributed by atoms with Gasteiger partial charge in [0.05, 0.1) is 23.0 Å². The molecule has 5 nitrogen and oxygen atoms in total. The Morgan fingerprint density at radius 2 is 1.81 bits per heavy atom. The third kappa shape index (κ3) is 5.35. The third-order valence-corrected chi connectivity index (χ3v) is 5.87. The van der Waals surface area contributed by atoms with Crippen molar-refractivity contribution in [2.75, 3.05) is 6.54 Å². The smallest absolute Gasteiger partial charge is 0.227 e. The molecule has 0 unspecified atom stereocenters. The molecule has 3 aromatic rings. The summed E-state index contributed by atoms with van der Waals surface area (Å²) in [5, 5.41) is 15.3. The van der Waals surface area contributed by atoms with Gasteiger partial charge in [0, 0.05) is 19.1 Å². The van der Waals surface area contributed by atoms with Crippen molar-refractivity contribution in [2.45, 2.75) is 65.1 Å². The zero-order chi connectivity index (χ0) is 21.8. The average molecular weight is 420 g/mol. The predicted molar refractivity (Wildman–Crippen MR) is 124 cm³/mol. The number of ether oxygens (including phenoxy) is 1. The number of hydrogen-bond acceptors (Lipinski definition) is 4. The van der Waals surface area contributed by atoms with Crippen molar-refractivity contribution in [1.82, 2.24) is 14.7 Å². The van der Waals surface area contributed by atoms with Crippen LogP contribution in [0.4, 0.5) is 0 Å². The van der Waals surface area contributed by atoms with E-state index in [2.05, 4.69) is 30.9 Å². The summed E-state index contributed by atoms with van der Waals surface area (Å²) in [4.78, 5) is 2.40. The Morgan fingerprint density at radius 3 is 2.45 bits per heavy atom. The molecule has 5 heteroatoms. The summed E-state index contributed by atoms with van der Waals surface area (Å²) < 4.78 is 8.34. The van der Waals surface area contributed by atoms with Gasteiger partial charge in [-0.05, 0) is 57.4 Å². The molecule has 0 saturated heterocycles. The van der Waals surface area contributed by atoms with Gasteiger partial charge in [-0.15, -0.1) is 0 Å². The highest BCUT2D eigenvalue weighted by Crippen LogP contribution is 2.35. The molecule has 1 saturated carbocycles. The second-order valence-corrected chi connectivity index (χ2v) is 8.63. The van der Waals surface area contributed by atoms with Gasteiger partial charge < -0.3 is 9.84 Å². The van der Waals surface area contributed by atoms with Crippen LogP contribution in [0.1, 0.15) is 49.4 Å². The molecule has 0 amide bonds. The van der Waals surface area contributed by atoms with Crippen molar-refractivity contribution in [3.8, 4) is 17.3 Å². The molecule has 1 heterocycles. The maximum absolute atomic E-state index is 10.5. The molecule has 1 aliphatic rings. The maximum Gasteiger partial charge on any atom is 0.227 e. The number of aromatic nitrogens is 2. The van der Waals surface area contributed by atoms with Gasteiger partial charge in [-0.1, -0.05) is 49.2 Å². The van der Waals surface area contributed by atoms with Gasteiger partial charge in [0.25, 0.3) is 0 Å². The lowest BCUT2D eigenvalue weighted by Crippen LogP contribution is -2.34. The minimum atomic E-state index is -0.295. The summed E-state index contributed by atoms with van der Waals surface area (Å²) in [5.41, 5.74) is 4.22. The van der Waals surface area contributed by atoms with E-state index in [-0.39, 0.29) is 6.10 Å². The van der Waals surface area contributed by atoms with Gasteiger partial charge >= 0.3 is 0 Å². The highest BCUT2D eigenvalue weighted by molar-refractivity contribution is 5.43. The van der Waals surface area contributed by atoms with Crippen molar-refractivity contribution in [2.24, 2.45) is 0 Å². The Labute approximate surface area is 185 Å². The largest absolute Gasteiger partial charge is 0.439 e. The first-order valence-electron chi connectivity index (χ1n) is 11.4. The van der Waals surface area contributed by atoms with Crippen LogP contribution in [0, 0.1) is 13.8 Å². The van der Waals surface area contributed by atoms with Gasteiger partial charge in [-0.25, -0.2) is 4.68 Å². The Morgan fingerprint density at radius 1 is 1.10 bits per heavy atom. The van der Waals surface area contributed by atoms with Crippen LogP contribution in [0.2, 0.25) is 0 Å². The van der Waals surface area contributed by atoms with E-state index in [1.807, 2.05) is 54.1 Å². The summed E-state index contributed by atoms with van der Waals surface area (Å²) in [6.45, 7) is 7.66. The van der Waals surface area contributed by atoms with Crippen LogP contribution in [0.25, 0.3) is 5.69 Å². The Kier molecular flexibility index (Phi) is 6.73. The normalized spacial score (nSPS) is 14.7. The summed E-state index contributed by atoms with van der Waals surface area (Å²) in [6.07, 6.45) is 3.92. The van der Waals surface area contributed by atoms with Crippen LogP contribution < -0.4 is 4.74 Å². The van der Waals surface area contributed by atoms with Gasteiger partial charge in [0.2, 0.25) is 5.88 Å². The number of nitrogens with zero attached hydrogens (tertiary/aromatic N) is 3. The Balaban J connectivity index is 1.68. The summed E-state index contributed by atoms with van der Waals surface area (Å²) in [6, 6.07) is 18.8. The zero-order valence-corrected chi connectivity index (χ0v) is 18.8. The molecule has 31 heavy (non-hydrogen) atoms. The first-order chi connectivity index (χ1) is 15.0. The van der Waals surface area contributed by atoms with Crippen LogP contribution in [0.15, 0.2) is 54.6 Å². The zero-order valence-electron chi connectivity index (χ0n) is 18.8. The van der Waals surface area contributed by atoms with Crippen molar-refractivity contribution in [3.63, 3.8) is 0 Å². The van der Waals surface area contributed by atoms with Gasteiger partial charge in [-0.3, -0.25) is 4.90 Å². The fraction of sp³-hybridized carbons (Fsp3) is 0.423. The molecule has 2 aromatic carbocycles. The van der Waals surface area contributed by atoms with Crippen LogP contribution in [0.3, 0.4) is 0 Å². The van der Waals surface area contributed by atoms with Crippen LogP contribution >= 0.6 is 0 Å². The number of hydrogen-bond donors (Lipinski definition) is 1. The molecule has 0 spiro atoms. The molecule has 4 rings (SSSR count). The third-order valence-electron chi connectivity index (χ3n) is 5.87. The number of benzene rings is 2. The first-order valence-corrected chi connectivity index (χ1v) is 11.4. The van der Waals surface area contributed by atoms with Crippen molar-refractivity contribution in [1.29, 1.82) is 0 Å². The van der Waals surface area contributed by atoms with Crippen LogP contribution in [0.5, 0.6) is 11.6 Å². The number of aryl methyl sites for hydroxylation is 2. The minimum absolute atomic E-state index is 0.295. The molecule has 1 aromatic heterocycles. The molecule has 1 N–H and O–H groups in total. The van der Waals surface area contributed by atoms with Crippen LogP contribution in [-0.2, 0) is 6.54 Å². The van der Waals surface area contributed by atoms with Crippen molar-refractivity contribution < 1.29 is 9.84 Å². The molecule has 0 aliphatic heterocycles. The minimum Gasteiger partial charge on any atom is -0.439 e. The Bertz CT molecular complexity index is 978. The molecule has 1 atom stereocenters. The fourth-order valence-corrected chi connectivity index (χ4v) is 3.97. The van der Waals surface area contributed by atoms with E-state index in [1.54, 1.807) is 0 Å². The fourth-order valence-electron chi connectivity index (χ4n) is 3.97. The van der Waals surface area contributed by atoms with E-state index in [1.165, 1.54) is 18.4 Å². The van der Waals surface area contributed by atoms with Crippen molar-refractivity contribution >= 4 is 0 Å². The van der Waals surface area contributed by atoms with E-state index < -0.39 is 0 Å². The van der Waals surface area contributed by atoms with E-state index in [0.717, 1.165) is 48.0 Å². The van der Waals surface area contributed by atoms with E-state index in [9.17, 15) is 5.11 Å². The van der Waals surface area contributed by atoms with Crippen molar-refractivity contribution in [3.05, 3.63) is 71.4 Å². The van der Waals surface area contributed by atoms with E-state index >= 15 is 0 Å². The number of para-hydroxylation sites is 1. The van der Waals surface area contributed by atoms with E-state index in [4.69, 9.17) is 9.84 Å². The molecule has 1 aliphatic carbocycles. The van der Waals surface area contributed by atoms with E-state index in [0.29, 0.717) is 12.6 Å². The number of rotatable bonds is 10. The summed E-state index contributed by atoms with van der Waals surface area (Å²) in [5.74, 6) is 1.55. The second-order valence-electron chi connectivity index (χ2n) is 8.63. The quantitative estimate of drug-likeness (QED) is 0.478. The second kappa shape index (κ2) is 9.67. The van der Waals surface area contributed by atoms with Crippen LogP contribution in [-0.4, -0.2) is 38.5 Å². The molecule has 0 bridgehead atoms.